The average Bonchev–Trinajstić information content (AvgIpc) is 3.00. The van der Waals surface area contributed by atoms with Crippen molar-refractivity contribution < 1.29 is 5.11 Å². The Morgan fingerprint density at radius 2 is 2.04 bits per heavy atom. The maximum atomic E-state index is 9.45. The first-order chi connectivity index (χ1) is 11.2. The van der Waals surface area contributed by atoms with Crippen LogP contribution in [0.4, 0.5) is 0 Å². The predicted molar refractivity (Wildman–Crippen MR) is 92.1 cm³/mol. The van der Waals surface area contributed by atoms with Crippen molar-refractivity contribution in [2.45, 2.75) is 10.9 Å². The molecule has 5 nitrogen and oxygen atoms in total. The standard InChI is InChI=1S/C16H13ClN4OS/c17-14-6-4-12(5-7-14)10-23-16-20-18-11-21(16)19-9-13-2-1-3-15(22)8-13/h1-9,11,22H,10H2/b19-9-. The van der Waals surface area contributed by atoms with Crippen LogP contribution in [0.5, 0.6) is 5.75 Å². The van der Waals surface area contributed by atoms with Crippen molar-refractivity contribution in [2.24, 2.45) is 5.10 Å². The molecule has 1 N–H and O–H groups in total. The molecule has 2 aromatic carbocycles. The molecule has 1 heterocycles. The van der Waals surface area contributed by atoms with Crippen molar-refractivity contribution in [1.82, 2.24) is 14.9 Å². The van der Waals surface area contributed by atoms with Crippen molar-refractivity contribution in [1.29, 1.82) is 0 Å². The zero-order valence-electron chi connectivity index (χ0n) is 12.0. The fraction of sp³-hybridized carbons (Fsp3) is 0.0625. The second-order valence-corrected chi connectivity index (χ2v) is 6.09. The number of nitrogens with zero attached hydrogens (tertiary/aromatic N) is 4. The maximum absolute atomic E-state index is 9.45. The molecule has 0 fully saturated rings. The molecule has 0 aliphatic rings. The van der Waals surface area contributed by atoms with Crippen LogP contribution in [0.1, 0.15) is 11.1 Å². The van der Waals surface area contributed by atoms with E-state index in [1.165, 1.54) is 11.8 Å². The van der Waals surface area contributed by atoms with Crippen LogP contribution in [0.25, 0.3) is 0 Å². The SMILES string of the molecule is Oc1cccc(/C=N\n2cnnc2SCc2ccc(Cl)cc2)c1. The van der Waals surface area contributed by atoms with E-state index in [-0.39, 0.29) is 5.75 Å². The van der Waals surface area contributed by atoms with E-state index < -0.39 is 0 Å². The molecule has 0 amide bonds. The smallest absolute Gasteiger partial charge is 0.212 e. The number of phenols is 1. The van der Waals surface area contributed by atoms with Crippen molar-refractivity contribution >= 4 is 29.6 Å². The number of halogens is 1. The molecule has 0 aliphatic heterocycles. The molecule has 0 saturated carbocycles. The molecule has 0 spiro atoms. The van der Waals surface area contributed by atoms with Crippen molar-refractivity contribution in [3.8, 4) is 5.75 Å². The zero-order valence-corrected chi connectivity index (χ0v) is 13.6. The molecule has 0 radical (unpaired) electrons. The number of thioether (sulfide) groups is 1. The number of benzene rings is 2. The second kappa shape index (κ2) is 7.30. The van der Waals surface area contributed by atoms with E-state index in [0.717, 1.165) is 21.9 Å². The summed E-state index contributed by atoms with van der Waals surface area (Å²) >= 11 is 7.41. The molecule has 3 aromatic rings. The van der Waals surface area contributed by atoms with E-state index in [2.05, 4.69) is 15.3 Å². The highest BCUT2D eigenvalue weighted by atomic mass is 35.5. The van der Waals surface area contributed by atoms with Crippen molar-refractivity contribution in [3.63, 3.8) is 0 Å². The lowest BCUT2D eigenvalue weighted by Gasteiger charge is -2.01. The summed E-state index contributed by atoms with van der Waals surface area (Å²) in [5, 5.41) is 23.1. The van der Waals surface area contributed by atoms with Gasteiger partial charge in [-0.15, -0.1) is 10.2 Å². The first-order valence-corrected chi connectivity index (χ1v) is 8.18. The second-order valence-electron chi connectivity index (χ2n) is 4.71. The summed E-state index contributed by atoms with van der Waals surface area (Å²) in [6, 6.07) is 14.5. The minimum atomic E-state index is 0.204. The highest BCUT2D eigenvalue weighted by Gasteiger charge is 2.04. The molecule has 0 aliphatic carbocycles. The van der Waals surface area contributed by atoms with Gasteiger partial charge < -0.3 is 5.11 Å². The van der Waals surface area contributed by atoms with E-state index in [9.17, 15) is 5.11 Å². The maximum Gasteiger partial charge on any atom is 0.212 e. The van der Waals surface area contributed by atoms with Gasteiger partial charge in [-0.3, -0.25) is 0 Å². The third kappa shape index (κ3) is 4.34. The number of rotatable bonds is 5. The van der Waals surface area contributed by atoms with Crippen LogP contribution >= 0.6 is 23.4 Å². The fourth-order valence-electron chi connectivity index (χ4n) is 1.86. The van der Waals surface area contributed by atoms with Gasteiger partial charge in [-0.05, 0) is 35.4 Å². The number of aromatic nitrogens is 3. The summed E-state index contributed by atoms with van der Waals surface area (Å²) in [4.78, 5) is 0. The Kier molecular flexibility index (Phi) is 4.95. The Hall–Kier alpha value is -2.31. The number of phenolic OH excluding ortho intramolecular Hbond substituents is 1. The van der Waals surface area contributed by atoms with Gasteiger partial charge in [-0.1, -0.05) is 47.6 Å². The molecule has 0 saturated heterocycles. The first kappa shape index (κ1) is 15.6. The normalized spacial score (nSPS) is 11.2. The third-order valence-corrected chi connectivity index (χ3v) is 4.24. The van der Waals surface area contributed by atoms with Gasteiger partial charge in [-0.25, -0.2) is 0 Å². The van der Waals surface area contributed by atoms with Crippen LogP contribution in [0.3, 0.4) is 0 Å². The average molecular weight is 345 g/mol. The highest BCUT2D eigenvalue weighted by molar-refractivity contribution is 7.98. The van der Waals surface area contributed by atoms with E-state index in [1.807, 2.05) is 30.3 Å². The summed E-state index contributed by atoms with van der Waals surface area (Å²) in [5.41, 5.74) is 1.94. The van der Waals surface area contributed by atoms with Crippen LogP contribution in [0.15, 0.2) is 65.1 Å². The Morgan fingerprint density at radius 3 is 2.83 bits per heavy atom. The lowest BCUT2D eigenvalue weighted by Crippen LogP contribution is -1.92. The minimum Gasteiger partial charge on any atom is -0.508 e. The molecule has 116 valence electrons. The lowest BCUT2D eigenvalue weighted by molar-refractivity contribution is 0.475. The fourth-order valence-corrected chi connectivity index (χ4v) is 2.80. The van der Waals surface area contributed by atoms with Gasteiger partial charge in [0.15, 0.2) is 0 Å². The van der Waals surface area contributed by atoms with E-state index in [1.54, 1.807) is 35.4 Å². The molecule has 1 aromatic heterocycles. The van der Waals surface area contributed by atoms with Crippen molar-refractivity contribution in [3.05, 3.63) is 71.0 Å². The van der Waals surface area contributed by atoms with E-state index in [0.29, 0.717) is 5.16 Å². The Labute approximate surface area is 142 Å². The number of aromatic hydroxyl groups is 1. The summed E-state index contributed by atoms with van der Waals surface area (Å²) in [6.45, 7) is 0. The van der Waals surface area contributed by atoms with Gasteiger partial charge in [0, 0.05) is 10.8 Å². The Balaban J connectivity index is 1.68. The number of hydrogen-bond acceptors (Lipinski definition) is 5. The van der Waals surface area contributed by atoms with Crippen LogP contribution in [0.2, 0.25) is 5.02 Å². The lowest BCUT2D eigenvalue weighted by atomic mass is 10.2. The van der Waals surface area contributed by atoms with Crippen LogP contribution in [0, 0.1) is 0 Å². The van der Waals surface area contributed by atoms with Gasteiger partial charge in [0.1, 0.15) is 12.1 Å². The monoisotopic (exact) mass is 344 g/mol. The summed E-state index contributed by atoms with van der Waals surface area (Å²) in [5.74, 6) is 0.951. The van der Waals surface area contributed by atoms with Gasteiger partial charge in [-0.2, -0.15) is 9.78 Å². The molecule has 0 unspecified atom stereocenters. The van der Waals surface area contributed by atoms with Gasteiger partial charge in [0.2, 0.25) is 5.16 Å². The summed E-state index contributed by atoms with van der Waals surface area (Å²) < 4.78 is 1.60. The highest BCUT2D eigenvalue weighted by Crippen LogP contribution is 2.21. The van der Waals surface area contributed by atoms with Gasteiger partial charge in [0.25, 0.3) is 0 Å². The zero-order chi connectivity index (χ0) is 16.1. The molecule has 3 rings (SSSR count). The van der Waals surface area contributed by atoms with Crippen LogP contribution in [-0.4, -0.2) is 26.2 Å². The molecular formula is C16H13ClN4OS. The molecular weight excluding hydrogens is 332 g/mol. The van der Waals surface area contributed by atoms with E-state index >= 15 is 0 Å². The van der Waals surface area contributed by atoms with Gasteiger partial charge in [0.05, 0.1) is 6.21 Å². The Morgan fingerprint density at radius 1 is 1.22 bits per heavy atom. The molecule has 23 heavy (non-hydrogen) atoms. The quantitative estimate of drug-likeness (QED) is 0.564. The predicted octanol–water partition coefficient (Wildman–Crippen LogP) is 3.81. The van der Waals surface area contributed by atoms with Crippen LogP contribution in [-0.2, 0) is 5.75 Å². The molecule has 0 bridgehead atoms. The molecule has 0 atom stereocenters. The summed E-state index contributed by atoms with van der Waals surface area (Å²) in [7, 11) is 0. The third-order valence-electron chi connectivity index (χ3n) is 2.98. The summed E-state index contributed by atoms with van der Waals surface area (Å²) in [6.07, 6.45) is 3.19. The first-order valence-electron chi connectivity index (χ1n) is 6.81. The van der Waals surface area contributed by atoms with E-state index in [4.69, 9.17) is 11.6 Å². The molecule has 7 heteroatoms. The topological polar surface area (TPSA) is 63.3 Å². The Bertz CT molecular complexity index is 817. The largest absolute Gasteiger partial charge is 0.508 e. The van der Waals surface area contributed by atoms with Crippen molar-refractivity contribution in [2.75, 3.05) is 0 Å². The van der Waals surface area contributed by atoms with Gasteiger partial charge >= 0.3 is 0 Å². The minimum absolute atomic E-state index is 0.204. The number of hydrogen-bond donors (Lipinski definition) is 1. The van der Waals surface area contributed by atoms with Crippen LogP contribution < -0.4 is 0 Å².